The van der Waals surface area contributed by atoms with Gasteiger partial charge in [-0.15, -0.1) is 0 Å². The third-order valence-corrected chi connectivity index (χ3v) is 2.77. The molecule has 1 aromatic carbocycles. The van der Waals surface area contributed by atoms with Gasteiger partial charge in [0.25, 0.3) is 11.8 Å². The van der Waals surface area contributed by atoms with Crippen molar-refractivity contribution >= 4 is 35.1 Å². The Morgan fingerprint density at radius 3 is 2.50 bits per heavy atom. The summed E-state index contributed by atoms with van der Waals surface area (Å²) in [6.45, 7) is 1.49. The first-order valence-corrected chi connectivity index (χ1v) is 5.39. The topological polar surface area (TPSA) is 74.7 Å². The van der Waals surface area contributed by atoms with Gasteiger partial charge in [0.2, 0.25) is 0 Å². The molecule has 0 saturated carbocycles. The Morgan fingerprint density at radius 2 is 2.00 bits per heavy atom. The Labute approximate surface area is 107 Å². The number of hydrogen-bond acceptors (Lipinski definition) is 3. The normalized spacial score (nSPS) is 15.0. The van der Waals surface area contributed by atoms with Crippen LogP contribution < -0.4 is 4.90 Å². The number of imide groups is 1. The SMILES string of the molecule is CC1=CC(=O)N(c2cc(Cl)ccc2C(=O)O)C1=O. The fourth-order valence-electron chi connectivity index (χ4n) is 1.69. The van der Waals surface area contributed by atoms with E-state index < -0.39 is 17.8 Å². The minimum atomic E-state index is -1.23. The van der Waals surface area contributed by atoms with Crippen molar-refractivity contribution in [3.8, 4) is 0 Å². The van der Waals surface area contributed by atoms with Crippen LogP contribution in [0.15, 0.2) is 29.8 Å². The maximum absolute atomic E-state index is 11.8. The number of amides is 2. The van der Waals surface area contributed by atoms with Crippen LogP contribution in [0, 0.1) is 0 Å². The molecule has 6 heteroatoms. The van der Waals surface area contributed by atoms with Gasteiger partial charge in [-0.25, -0.2) is 9.69 Å². The third-order valence-electron chi connectivity index (χ3n) is 2.53. The highest BCUT2D eigenvalue weighted by Gasteiger charge is 2.32. The van der Waals surface area contributed by atoms with Crippen LogP contribution in [0.2, 0.25) is 5.02 Å². The summed E-state index contributed by atoms with van der Waals surface area (Å²) in [7, 11) is 0. The van der Waals surface area contributed by atoms with Crippen molar-refractivity contribution in [2.24, 2.45) is 0 Å². The Morgan fingerprint density at radius 1 is 1.33 bits per heavy atom. The second-order valence-electron chi connectivity index (χ2n) is 3.77. The number of aromatic carboxylic acids is 1. The van der Waals surface area contributed by atoms with Crippen LogP contribution in [0.4, 0.5) is 5.69 Å². The fraction of sp³-hybridized carbons (Fsp3) is 0.0833. The summed E-state index contributed by atoms with van der Waals surface area (Å²) in [6, 6.07) is 3.93. The van der Waals surface area contributed by atoms with Gasteiger partial charge in [-0.3, -0.25) is 9.59 Å². The van der Waals surface area contributed by atoms with E-state index in [1.165, 1.54) is 25.1 Å². The summed E-state index contributed by atoms with van der Waals surface area (Å²) in [4.78, 5) is 35.4. The summed E-state index contributed by atoms with van der Waals surface area (Å²) in [5.41, 5.74) is 0.0959. The molecule has 1 heterocycles. The number of benzene rings is 1. The first kappa shape index (κ1) is 12.3. The summed E-state index contributed by atoms with van der Waals surface area (Å²) in [6.07, 6.45) is 1.16. The Kier molecular flexibility index (Phi) is 2.92. The number of carboxylic acid groups (broad SMARTS) is 1. The van der Waals surface area contributed by atoms with E-state index in [0.717, 1.165) is 11.0 Å². The zero-order valence-corrected chi connectivity index (χ0v) is 10.1. The molecule has 1 N–H and O–H groups in total. The molecule has 0 atom stereocenters. The molecule has 0 aliphatic carbocycles. The number of hydrogen-bond donors (Lipinski definition) is 1. The highest BCUT2D eigenvalue weighted by Crippen LogP contribution is 2.29. The van der Waals surface area contributed by atoms with E-state index in [2.05, 4.69) is 0 Å². The number of carbonyl (C=O) groups is 3. The molecule has 2 rings (SSSR count). The second kappa shape index (κ2) is 4.27. The van der Waals surface area contributed by atoms with Crippen molar-refractivity contribution < 1.29 is 19.5 Å². The minimum absolute atomic E-state index is 0.0156. The largest absolute Gasteiger partial charge is 0.478 e. The van der Waals surface area contributed by atoms with Gasteiger partial charge in [0.15, 0.2) is 0 Å². The van der Waals surface area contributed by atoms with Gasteiger partial charge in [0.05, 0.1) is 11.3 Å². The van der Waals surface area contributed by atoms with Crippen LogP contribution >= 0.6 is 11.6 Å². The minimum Gasteiger partial charge on any atom is -0.478 e. The van der Waals surface area contributed by atoms with Crippen LogP contribution in [0.25, 0.3) is 0 Å². The molecule has 1 aromatic rings. The Hall–Kier alpha value is -2.14. The lowest BCUT2D eigenvalue weighted by Gasteiger charge is -2.17. The van der Waals surface area contributed by atoms with Crippen molar-refractivity contribution in [2.75, 3.05) is 4.90 Å². The highest BCUT2D eigenvalue weighted by atomic mass is 35.5. The molecule has 0 aromatic heterocycles. The molecule has 0 bridgehead atoms. The predicted molar refractivity (Wildman–Crippen MR) is 64.7 cm³/mol. The summed E-state index contributed by atoms with van der Waals surface area (Å²) in [5.74, 6) is -2.33. The Balaban J connectivity index is 2.58. The lowest BCUT2D eigenvalue weighted by atomic mass is 10.1. The zero-order chi connectivity index (χ0) is 13.4. The second-order valence-corrected chi connectivity index (χ2v) is 4.21. The maximum atomic E-state index is 11.8. The van der Waals surface area contributed by atoms with Gasteiger partial charge < -0.3 is 5.11 Å². The molecule has 0 fully saturated rings. The molecule has 92 valence electrons. The predicted octanol–water partition coefficient (Wildman–Crippen LogP) is 1.86. The number of nitrogens with zero attached hydrogens (tertiary/aromatic N) is 1. The van der Waals surface area contributed by atoms with E-state index in [1.807, 2.05) is 0 Å². The van der Waals surface area contributed by atoms with Crippen LogP contribution in [0.5, 0.6) is 0 Å². The molecular formula is C12H8ClNO4. The standard InChI is InChI=1S/C12H8ClNO4/c1-6-4-10(15)14(11(6)16)9-5-7(13)2-3-8(9)12(17)18/h2-5H,1H3,(H,17,18). The molecule has 2 amide bonds. The third kappa shape index (κ3) is 1.89. The van der Waals surface area contributed by atoms with Crippen molar-refractivity contribution in [3.05, 3.63) is 40.4 Å². The molecule has 0 radical (unpaired) electrons. The molecular weight excluding hydrogens is 258 g/mol. The van der Waals surface area contributed by atoms with E-state index in [4.69, 9.17) is 16.7 Å². The van der Waals surface area contributed by atoms with Crippen LogP contribution in [0.3, 0.4) is 0 Å². The van der Waals surface area contributed by atoms with E-state index >= 15 is 0 Å². The van der Waals surface area contributed by atoms with Gasteiger partial charge in [0, 0.05) is 16.7 Å². The van der Waals surface area contributed by atoms with Gasteiger partial charge in [-0.05, 0) is 25.1 Å². The zero-order valence-electron chi connectivity index (χ0n) is 9.31. The van der Waals surface area contributed by atoms with Gasteiger partial charge in [-0.1, -0.05) is 11.6 Å². The van der Waals surface area contributed by atoms with Crippen molar-refractivity contribution in [1.29, 1.82) is 0 Å². The lowest BCUT2D eigenvalue weighted by molar-refractivity contribution is -0.120. The van der Waals surface area contributed by atoms with Crippen LogP contribution in [0.1, 0.15) is 17.3 Å². The van der Waals surface area contributed by atoms with Gasteiger partial charge in [-0.2, -0.15) is 0 Å². The molecule has 1 aliphatic rings. The van der Waals surface area contributed by atoms with Crippen molar-refractivity contribution in [1.82, 2.24) is 0 Å². The van der Waals surface area contributed by atoms with Crippen LogP contribution in [-0.4, -0.2) is 22.9 Å². The van der Waals surface area contributed by atoms with E-state index in [-0.39, 0.29) is 21.8 Å². The molecule has 18 heavy (non-hydrogen) atoms. The smallest absolute Gasteiger partial charge is 0.337 e. The van der Waals surface area contributed by atoms with Gasteiger partial charge in [0.1, 0.15) is 0 Å². The van der Waals surface area contributed by atoms with Gasteiger partial charge >= 0.3 is 5.97 Å². The molecule has 1 aliphatic heterocycles. The lowest BCUT2D eigenvalue weighted by Crippen LogP contribution is -2.32. The summed E-state index contributed by atoms with van der Waals surface area (Å²) in [5, 5.41) is 9.30. The van der Waals surface area contributed by atoms with E-state index in [0.29, 0.717) is 0 Å². The highest BCUT2D eigenvalue weighted by molar-refractivity contribution is 6.34. The fourth-order valence-corrected chi connectivity index (χ4v) is 1.85. The molecule has 0 saturated heterocycles. The summed E-state index contributed by atoms with van der Waals surface area (Å²) < 4.78 is 0. The van der Waals surface area contributed by atoms with E-state index in [9.17, 15) is 14.4 Å². The number of carboxylic acids is 1. The van der Waals surface area contributed by atoms with Crippen molar-refractivity contribution in [2.45, 2.75) is 6.92 Å². The van der Waals surface area contributed by atoms with Crippen LogP contribution in [-0.2, 0) is 9.59 Å². The maximum Gasteiger partial charge on any atom is 0.337 e. The average molecular weight is 266 g/mol. The van der Waals surface area contributed by atoms with Crippen molar-refractivity contribution in [3.63, 3.8) is 0 Å². The first-order chi connectivity index (χ1) is 8.41. The molecule has 0 unspecified atom stereocenters. The average Bonchev–Trinajstić information content (AvgIpc) is 2.52. The van der Waals surface area contributed by atoms with E-state index in [1.54, 1.807) is 0 Å². The summed E-state index contributed by atoms with van der Waals surface area (Å²) >= 11 is 5.77. The molecule has 5 nitrogen and oxygen atoms in total. The quantitative estimate of drug-likeness (QED) is 0.828. The Bertz CT molecular complexity index is 606. The number of halogens is 1. The monoisotopic (exact) mass is 265 g/mol. The number of carbonyl (C=O) groups excluding carboxylic acids is 2. The first-order valence-electron chi connectivity index (χ1n) is 5.01. The number of anilines is 1. The molecule has 0 spiro atoms. The number of rotatable bonds is 2.